The average Bonchev–Trinajstić information content (AvgIpc) is 2.67. The minimum absolute atomic E-state index is 0.0719. The molecule has 2 saturated carbocycles. The minimum atomic E-state index is -4.19. The van der Waals surface area contributed by atoms with Crippen LogP contribution < -0.4 is 0 Å². The lowest BCUT2D eigenvalue weighted by molar-refractivity contribution is -0.0803. The van der Waals surface area contributed by atoms with Gasteiger partial charge < -0.3 is 4.74 Å². The predicted molar refractivity (Wildman–Crippen MR) is 103 cm³/mol. The van der Waals surface area contributed by atoms with Crippen LogP contribution in [-0.2, 0) is 4.74 Å². The lowest BCUT2D eigenvalue weighted by Gasteiger charge is -2.29. The smallest absolute Gasteiger partial charge is 0.379 e. The Morgan fingerprint density at radius 1 is 0.852 bits per heavy atom. The van der Waals surface area contributed by atoms with E-state index in [-0.39, 0.29) is 5.92 Å². The van der Waals surface area contributed by atoms with Crippen molar-refractivity contribution in [3.63, 3.8) is 0 Å². The standard InChI is InChI=1S/C23H31F3O/c1-2-27-22-13-11-21(12-14-22)20-9-7-19(8-10-20)18-5-3-17(4-6-18)15-16-23(24,25)26/h7-10,15-18,21-22H,2-6,11-14H2,1H3/t17-,18-,21-,22-. The highest BCUT2D eigenvalue weighted by molar-refractivity contribution is 5.28. The molecule has 0 atom stereocenters. The maximum Gasteiger partial charge on any atom is 0.409 e. The van der Waals surface area contributed by atoms with Crippen molar-refractivity contribution >= 4 is 0 Å². The molecule has 0 saturated heterocycles. The first-order valence-electron chi connectivity index (χ1n) is 10.4. The van der Waals surface area contributed by atoms with Crippen LogP contribution in [0, 0.1) is 5.92 Å². The number of alkyl halides is 3. The van der Waals surface area contributed by atoms with E-state index >= 15 is 0 Å². The van der Waals surface area contributed by atoms with Gasteiger partial charge in [-0.3, -0.25) is 0 Å². The Hall–Kier alpha value is -1.29. The first-order valence-corrected chi connectivity index (χ1v) is 10.4. The fraction of sp³-hybridized carbons (Fsp3) is 0.652. The van der Waals surface area contributed by atoms with Gasteiger partial charge in [0.2, 0.25) is 0 Å². The van der Waals surface area contributed by atoms with Gasteiger partial charge in [0.1, 0.15) is 0 Å². The molecule has 0 N–H and O–H groups in total. The van der Waals surface area contributed by atoms with E-state index in [1.807, 2.05) is 0 Å². The van der Waals surface area contributed by atoms with E-state index in [1.54, 1.807) is 0 Å². The number of allylic oxidation sites excluding steroid dienone is 2. The van der Waals surface area contributed by atoms with Gasteiger partial charge in [0.15, 0.2) is 0 Å². The number of hydrogen-bond acceptors (Lipinski definition) is 1. The van der Waals surface area contributed by atoms with Crippen LogP contribution in [0.2, 0.25) is 0 Å². The molecule has 0 aromatic heterocycles. The molecule has 0 bridgehead atoms. The van der Waals surface area contributed by atoms with E-state index in [0.717, 1.165) is 45.1 Å². The van der Waals surface area contributed by atoms with E-state index < -0.39 is 6.18 Å². The topological polar surface area (TPSA) is 9.23 Å². The van der Waals surface area contributed by atoms with Crippen LogP contribution in [0.5, 0.6) is 0 Å². The maximum atomic E-state index is 12.3. The third-order valence-electron chi connectivity index (χ3n) is 6.29. The summed E-state index contributed by atoms with van der Waals surface area (Å²) in [6.45, 7) is 2.86. The van der Waals surface area contributed by atoms with Crippen molar-refractivity contribution in [3.05, 3.63) is 47.5 Å². The largest absolute Gasteiger partial charge is 0.409 e. The predicted octanol–water partition coefficient (Wildman–Crippen LogP) is 7.14. The quantitative estimate of drug-likeness (QED) is 0.493. The van der Waals surface area contributed by atoms with Gasteiger partial charge >= 0.3 is 6.18 Å². The molecule has 0 spiro atoms. The van der Waals surface area contributed by atoms with Crippen LogP contribution in [-0.4, -0.2) is 18.9 Å². The van der Waals surface area contributed by atoms with Crippen molar-refractivity contribution in [3.8, 4) is 0 Å². The molecule has 4 heteroatoms. The molecule has 0 amide bonds. The zero-order chi connectivity index (χ0) is 19.3. The first kappa shape index (κ1) is 20.4. The molecule has 2 fully saturated rings. The monoisotopic (exact) mass is 380 g/mol. The zero-order valence-corrected chi connectivity index (χ0v) is 16.2. The third kappa shape index (κ3) is 6.10. The normalized spacial score (nSPS) is 29.9. The second-order valence-corrected chi connectivity index (χ2v) is 8.11. The molecule has 2 aliphatic rings. The molecular weight excluding hydrogens is 349 g/mol. The van der Waals surface area contributed by atoms with Crippen molar-refractivity contribution in [2.45, 2.75) is 82.4 Å². The summed E-state index contributed by atoms with van der Waals surface area (Å²) in [5.41, 5.74) is 2.77. The summed E-state index contributed by atoms with van der Waals surface area (Å²) in [7, 11) is 0. The SMILES string of the molecule is CCO[C@H]1CC[C@H](c2ccc([C@H]3CC[C@H](C=CC(F)(F)F)CC3)cc2)CC1. The molecule has 0 radical (unpaired) electrons. The number of hydrogen-bond donors (Lipinski definition) is 0. The highest BCUT2D eigenvalue weighted by Crippen LogP contribution is 2.38. The average molecular weight is 380 g/mol. The van der Waals surface area contributed by atoms with Crippen molar-refractivity contribution in [1.29, 1.82) is 0 Å². The Morgan fingerprint density at radius 3 is 1.78 bits per heavy atom. The Labute approximate surface area is 161 Å². The van der Waals surface area contributed by atoms with Crippen LogP contribution in [0.3, 0.4) is 0 Å². The van der Waals surface area contributed by atoms with Gasteiger partial charge in [-0.2, -0.15) is 13.2 Å². The lowest BCUT2D eigenvalue weighted by Crippen LogP contribution is -2.20. The molecule has 150 valence electrons. The molecule has 0 unspecified atom stereocenters. The van der Waals surface area contributed by atoms with E-state index in [2.05, 4.69) is 31.2 Å². The van der Waals surface area contributed by atoms with E-state index in [9.17, 15) is 13.2 Å². The second-order valence-electron chi connectivity index (χ2n) is 8.11. The third-order valence-corrected chi connectivity index (χ3v) is 6.29. The van der Waals surface area contributed by atoms with E-state index in [0.29, 0.717) is 24.0 Å². The molecule has 2 aliphatic carbocycles. The highest BCUT2D eigenvalue weighted by atomic mass is 19.4. The minimum Gasteiger partial charge on any atom is -0.379 e. The number of halogens is 3. The Morgan fingerprint density at radius 2 is 1.33 bits per heavy atom. The fourth-order valence-corrected chi connectivity index (χ4v) is 4.73. The van der Waals surface area contributed by atoms with Crippen molar-refractivity contribution < 1.29 is 17.9 Å². The van der Waals surface area contributed by atoms with Gasteiger partial charge in [-0.05, 0) is 87.2 Å². The number of ether oxygens (including phenoxy) is 1. The Kier molecular flexibility index (Phi) is 7.02. The van der Waals surface area contributed by atoms with Crippen molar-refractivity contribution in [1.82, 2.24) is 0 Å². The van der Waals surface area contributed by atoms with Gasteiger partial charge in [0.25, 0.3) is 0 Å². The van der Waals surface area contributed by atoms with Crippen molar-refractivity contribution in [2.75, 3.05) is 6.61 Å². The van der Waals surface area contributed by atoms with Gasteiger partial charge in [0.05, 0.1) is 6.10 Å². The van der Waals surface area contributed by atoms with Crippen LogP contribution in [0.15, 0.2) is 36.4 Å². The van der Waals surface area contributed by atoms with E-state index in [1.165, 1.54) is 30.0 Å². The summed E-state index contributed by atoms with van der Waals surface area (Å²) in [5.74, 6) is 1.20. The van der Waals surface area contributed by atoms with Gasteiger partial charge in [0, 0.05) is 12.7 Å². The van der Waals surface area contributed by atoms with Crippen LogP contribution in [0.25, 0.3) is 0 Å². The Balaban J connectivity index is 1.49. The summed E-state index contributed by atoms with van der Waals surface area (Å²) in [6, 6.07) is 9.05. The molecule has 0 aliphatic heterocycles. The number of benzene rings is 1. The summed E-state index contributed by atoms with van der Waals surface area (Å²) in [4.78, 5) is 0. The molecular formula is C23H31F3O. The zero-order valence-electron chi connectivity index (χ0n) is 16.2. The van der Waals surface area contributed by atoms with Crippen LogP contribution >= 0.6 is 0 Å². The maximum absolute atomic E-state index is 12.3. The summed E-state index contributed by atoms with van der Waals surface area (Å²) < 4.78 is 42.7. The lowest BCUT2D eigenvalue weighted by atomic mass is 9.77. The molecule has 3 rings (SSSR count). The molecule has 1 nitrogen and oxygen atoms in total. The first-order chi connectivity index (χ1) is 12.9. The van der Waals surface area contributed by atoms with E-state index in [4.69, 9.17) is 4.74 Å². The van der Waals surface area contributed by atoms with Gasteiger partial charge in [-0.25, -0.2) is 0 Å². The second kappa shape index (κ2) is 9.27. The highest BCUT2D eigenvalue weighted by Gasteiger charge is 2.26. The van der Waals surface area contributed by atoms with Gasteiger partial charge in [-0.15, -0.1) is 0 Å². The molecule has 0 heterocycles. The molecule has 27 heavy (non-hydrogen) atoms. The van der Waals surface area contributed by atoms with Crippen LogP contribution in [0.1, 0.15) is 81.3 Å². The number of rotatable bonds is 5. The van der Waals surface area contributed by atoms with Gasteiger partial charge in [-0.1, -0.05) is 30.3 Å². The van der Waals surface area contributed by atoms with Crippen LogP contribution in [0.4, 0.5) is 13.2 Å². The molecule has 1 aromatic rings. The summed E-state index contributed by atoms with van der Waals surface area (Å²) in [5, 5.41) is 0. The summed E-state index contributed by atoms with van der Waals surface area (Å²) in [6.07, 6.45) is 6.36. The fourth-order valence-electron chi connectivity index (χ4n) is 4.73. The molecule has 1 aromatic carbocycles. The Bertz CT molecular complexity index is 589. The van der Waals surface area contributed by atoms with Crippen molar-refractivity contribution in [2.24, 2.45) is 5.92 Å². The summed E-state index contributed by atoms with van der Waals surface area (Å²) >= 11 is 0.